The van der Waals surface area contributed by atoms with Gasteiger partial charge in [-0.05, 0) is 13.3 Å². The lowest BCUT2D eigenvalue weighted by Gasteiger charge is -1.97. The number of hydrogen-bond acceptors (Lipinski definition) is 1. The molecule has 0 fully saturated rings. The van der Waals surface area contributed by atoms with Gasteiger partial charge in [-0.2, -0.15) is 12.6 Å². The van der Waals surface area contributed by atoms with Crippen LogP contribution >= 0.6 is 12.6 Å². The molecule has 0 unspecified atom stereocenters. The predicted molar refractivity (Wildman–Crippen MR) is 37.4 cm³/mol. The van der Waals surface area contributed by atoms with Crippen molar-refractivity contribution in [3.8, 4) is 0 Å². The van der Waals surface area contributed by atoms with Crippen molar-refractivity contribution < 1.29 is 0 Å². The van der Waals surface area contributed by atoms with Crippen LogP contribution in [0.5, 0.6) is 0 Å². The molecule has 1 heteroatoms. The minimum Gasteiger partial charge on any atom is -0.171 e. The molecule has 0 aliphatic carbocycles. The van der Waals surface area contributed by atoms with Gasteiger partial charge in [-0.15, -0.1) is 0 Å². The first-order chi connectivity index (χ1) is 3.27. The molecule has 0 aromatic heterocycles. The first-order valence-corrected chi connectivity index (χ1v) is 3.23. The summed E-state index contributed by atoms with van der Waals surface area (Å²) in [6, 6.07) is 0. The van der Waals surface area contributed by atoms with Crippen LogP contribution in [0.4, 0.5) is 0 Å². The van der Waals surface area contributed by atoms with Gasteiger partial charge in [0, 0.05) is 5.25 Å². The highest BCUT2D eigenvalue weighted by Crippen LogP contribution is 2.12. The Morgan fingerprint density at radius 2 is 2.14 bits per heavy atom. The average Bonchev–Trinajstić information content (AvgIpc) is 1.61. The summed E-state index contributed by atoms with van der Waals surface area (Å²) in [5.41, 5.74) is 0. The molecule has 1 radical (unpaired) electrons. The van der Waals surface area contributed by atoms with E-state index >= 15 is 0 Å². The van der Waals surface area contributed by atoms with Gasteiger partial charge in [0.05, 0.1) is 0 Å². The van der Waals surface area contributed by atoms with E-state index in [1.807, 2.05) is 0 Å². The highest BCUT2D eigenvalue weighted by Gasteiger charge is 1.90. The maximum absolute atomic E-state index is 4.15. The van der Waals surface area contributed by atoms with Crippen LogP contribution in [-0.4, -0.2) is 0 Å². The van der Waals surface area contributed by atoms with Crippen LogP contribution in [0, 0.1) is 5.25 Å². The van der Waals surface area contributed by atoms with Crippen LogP contribution in [0.15, 0.2) is 0 Å². The first kappa shape index (κ1) is 7.35. The van der Waals surface area contributed by atoms with Gasteiger partial charge in [-0.1, -0.05) is 19.8 Å². The summed E-state index contributed by atoms with van der Waals surface area (Å²) in [5, 5.41) is 1.25. The molecular weight excluding hydrogens is 104 g/mol. The maximum Gasteiger partial charge on any atom is 0.0243 e. The van der Waals surface area contributed by atoms with E-state index in [4.69, 9.17) is 0 Å². The topological polar surface area (TPSA) is 0 Å². The Kier molecular flexibility index (Phi) is 4.73. The van der Waals surface area contributed by atoms with Gasteiger partial charge < -0.3 is 0 Å². The van der Waals surface area contributed by atoms with Crippen molar-refractivity contribution in [3.05, 3.63) is 5.25 Å². The van der Waals surface area contributed by atoms with Gasteiger partial charge in [0.2, 0.25) is 0 Å². The highest BCUT2D eigenvalue weighted by atomic mass is 32.1. The van der Waals surface area contributed by atoms with Crippen LogP contribution in [0.2, 0.25) is 0 Å². The summed E-state index contributed by atoms with van der Waals surface area (Å²) in [5.74, 6) is 0. The fourth-order valence-electron chi connectivity index (χ4n) is 0.433. The maximum atomic E-state index is 4.15. The minimum atomic E-state index is 1.18. The second-order valence-electron chi connectivity index (χ2n) is 1.84. The second-order valence-corrected chi connectivity index (χ2v) is 2.60. The fraction of sp³-hybridized carbons (Fsp3) is 0.833. The SMILES string of the molecule is CCCC[C](C)S. The predicted octanol–water partition coefficient (Wildman–Crippen LogP) is 2.66. The molecule has 0 N–H and O–H groups in total. The molecule has 43 valence electrons. The van der Waals surface area contributed by atoms with Crippen molar-refractivity contribution in [1.82, 2.24) is 0 Å². The lowest BCUT2D eigenvalue weighted by atomic mass is 10.2. The van der Waals surface area contributed by atoms with E-state index in [1.54, 1.807) is 0 Å². The largest absolute Gasteiger partial charge is 0.171 e. The molecule has 0 bridgehead atoms. The third kappa shape index (κ3) is 6.35. The summed E-state index contributed by atoms with van der Waals surface area (Å²) in [6.45, 7) is 4.25. The van der Waals surface area contributed by atoms with Crippen molar-refractivity contribution in [1.29, 1.82) is 0 Å². The smallest absolute Gasteiger partial charge is 0.0243 e. The summed E-state index contributed by atoms with van der Waals surface area (Å²) in [6.07, 6.45) is 3.74. The molecule has 0 rings (SSSR count). The summed E-state index contributed by atoms with van der Waals surface area (Å²) in [7, 11) is 0. The lowest BCUT2D eigenvalue weighted by molar-refractivity contribution is 0.773. The van der Waals surface area contributed by atoms with E-state index in [0.717, 1.165) is 0 Å². The standard InChI is InChI=1S/C6H13S/c1-3-4-5-6(2)7/h7H,3-5H2,1-2H3. The molecule has 0 nitrogen and oxygen atoms in total. The number of hydrogen-bond donors (Lipinski definition) is 1. The second kappa shape index (κ2) is 4.51. The Morgan fingerprint density at radius 3 is 2.29 bits per heavy atom. The molecule has 0 saturated heterocycles. The zero-order valence-corrected chi connectivity index (χ0v) is 5.96. The van der Waals surface area contributed by atoms with Gasteiger partial charge in [0.1, 0.15) is 0 Å². The van der Waals surface area contributed by atoms with Gasteiger partial charge in [0.15, 0.2) is 0 Å². The third-order valence-corrected chi connectivity index (χ3v) is 1.12. The van der Waals surface area contributed by atoms with Crippen molar-refractivity contribution in [2.45, 2.75) is 33.1 Å². The van der Waals surface area contributed by atoms with Gasteiger partial charge in [-0.3, -0.25) is 0 Å². The van der Waals surface area contributed by atoms with Crippen LogP contribution in [0.1, 0.15) is 33.1 Å². The monoisotopic (exact) mass is 117 g/mol. The summed E-state index contributed by atoms with van der Waals surface area (Å²) in [4.78, 5) is 0. The molecule has 0 aliphatic heterocycles. The van der Waals surface area contributed by atoms with Crippen LogP contribution in [-0.2, 0) is 0 Å². The van der Waals surface area contributed by atoms with E-state index in [9.17, 15) is 0 Å². The minimum absolute atomic E-state index is 1.18. The molecule has 0 atom stereocenters. The van der Waals surface area contributed by atoms with Crippen molar-refractivity contribution in [3.63, 3.8) is 0 Å². The zero-order chi connectivity index (χ0) is 5.70. The molecule has 0 aromatic carbocycles. The van der Waals surface area contributed by atoms with Crippen molar-refractivity contribution >= 4 is 12.6 Å². The van der Waals surface area contributed by atoms with Gasteiger partial charge in [0.25, 0.3) is 0 Å². The van der Waals surface area contributed by atoms with Crippen LogP contribution in [0.3, 0.4) is 0 Å². The van der Waals surface area contributed by atoms with E-state index in [1.165, 1.54) is 24.5 Å². The van der Waals surface area contributed by atoms with E-state index in [-0.39, 0.29) is 0 Å². The van der Waals surface area contributed by atoms with Crippen molar-refractivity contribution in [2.75, 3.05) is 0 Å². The molecule has 0 saturated carbocycles. The summed E-state index contributed by atoms with van der Waals surface area (Å²) < 4.78 is 0. The van der Waals surface area contributed by atoms with Crippen molar-refractivity contribution in [2.24, 2.45) is 0 Å². The summed E-state index contributed by atoms with van der Waals surface area (Å²) >= 11 is 4.15. The molecular formula is C6H13S. The highest BCUT2D eigenvalue weighted by molar-refractivity contribution is 7.83. The van der Waals surface area contributed by atoms with E-state index < -0.39 is 0 Å². The van der Waals surface area contributed by atoms with Gasteiger partial charge >= 0.3 is 0 Å². The normalized spacial score (nSPS) is 10.3. The quantitative estimate of drug-likeness (QED) is 0.540. The van der Waals surface area contributed by atoms with Crippen LogP contribution in [0.25, 0.3) is 0 Å². The molecule has 0 spiro atoms. The Bertz CT molecular complexity index is 33.2. The number of unbranched alkanes of at least 4 members (excludes halogenated alkanes) is 1. The number of rotatable bonds is 3. The Labute approximate surface area is 51.7 Å². The van der Waals surface area contributed by atoms with Gasteiger partial charge in [-0.25, -0.2) is 0 Å². The Balaban J connectivity index is 2.68. The fourth-order valence-corrected chi connectivity index (χ4v) is 0.591. The number of thiol groups is 1. The van der Waals surface area contributed by atoms with E-state index in [0.29, 0.717) is 0 Å². The lowest BCUT2D eigenvalue weighted by Crippen LogP contribution is -1.77. The molecule has 0 aliphatic rings. The molecule has 0 heterocycles. The van der Waals surface area contributed by atoms with E-state index in [2.05, 4.69) is 26.5 Å². The average molecular weight is 117 g/mol. The molecule has 7 heavy (non-hydrogen) atoms. The molecule has 0 amide bonds. The third-order valence-electron chi connectivity index (χ3n) is 0.892. The Hall–Kier alpha value is 0.350. The Morgan fingerprint density at radius 1 is 1.57 bits per heavy atom. The molecule has 0 aromatic rings. The zero-order valence-electron chi connectivity index (χ0n) is 5.07. The first-order valence-electron chi connectivity index (χ1n) is 2.78. The van der Waals surface area contributed by atoms with Crippen LogP contribution < -0.4 is 0 Å².